The Morgan fingerprint density at radius 1 is 1.25 bits per heavy atom. The number of amides is 1. The van der Waals surface area contributed by atoms with E-state index < -0.39 is 0 Å². The highest BCUT2D eigenvalue weighted by Gasteiger charge is 2.26. The Morgan fingerprint density at radius 2 is 1.81 bits per heavy atom. The average molecular weight is 227 g/mol. The Labute approximate surface area is 98.8 Å². The molecule has 0 aromatic heterocycles. The molecule has 1 amide bonds. The molecule has 2 atom stereocenters. The molecule has 1 aliphatic heterocycles. The van der Waals surface area contributed by atoms with E-state index in [1.807, 2.05) is 18.7 Å². The van der Waals surface area contributed by atoms with Gasteiger partial charge in [-0.25, -0.2) is 0 Å². The predicted molar refractivity (Wildman–Crippen MR) is 66.1 cm³/mol. The van der Waals surface area contributed by atoms with Crippen molar-refractivity contribution in [2.75, 3.05) is 32.7 Å². The summed E-state index contributed by atoms with van der Waals surface area (Å²) in [6.45, 7) is 10.9. The maximum atomic E-state index is 12.0. The number of hydrogen-bond donors (Lipinski definition) is 1. The Balaban J connectivity index is 2.38. The quantitative estimate of drug-likeness (QED) is 0.762. The fraction of sp³-hybridized carbons (Fsp3) is 0.917. The largest absolute Gasteiger partial charge is 0.340 e. The Kier molecular flexibility index (Phi) is 5.22. The molecule has 94 valence electrons. The maximum Gasteiger partial charge on any atom is 0.227 e. The van der Waals surface area contributed by atoms with Crippen LogP contribution in [-0.4, -0.2) is 54.5 Å². The fourth-order valence-electron chi connectivity index (χ4n) is 2.02. The van der Waals surface area contributed by atoms with Crippen LogP contribution in [-0.2, 0) is 4.79 Å². The molecule has 0 bridgehead atoms. The minimum absolute atomic E-state index is 0.0545. The Morgan fingerprint density at radius 3 is 2.25 bits per heavy atom. The summed E-state index contributed by atoms with van der Waals surface area (Å²) < 4.78 is 0. The van der Waals surface area contributed by atoms with Crippen LogP contribution in [0.5, 0.6) is 0 Å². The number of rotatable bonds is 4. The number of piperazine rings is 1. The molecule has 1 heterocycles. The lowest BCUT2D eigenvalue weighted by Gasteiger charge is -2.36. The first-order chi connectivity index (χ1) is 7.56. The minimum atomic E-state index is -0.0577. The number of carbonyl (C=O) groups is 1. The molecule has 0 aromatic carbocycles. The second-order valence-electron chi connectivity index (χ2n) is 4.81. The maximum absolute atomic E-state index is 12.0. The summed E-state index contributed by atoms with van der Waals surface area (Å²) in [5.74, 6) is 0.156. The lowest BCUT2D eigenvalue weighted by Crippen LogP contribution is -2.51. The molecule has 0 saturated carbocycles. The van der Waals surface area contributed by atoms with Gasteiger partial charge in [0.1, 0.15) is 0 Å². The summed E-state index contributed by atoms with van der Waals surface area (Å²) >= 11 is 0. The van der Waals surface area contributed by atoms with Crippen molar-refractivity contribution in [1.82, 2.24) is 9.80 Å². The third-order valence-electron chi connectivity index (χ3n) is 3.40. The van der Waals surface area contributed by atoms with Gasteiger partial charge < -0.3 is 10.6 Å². The van der Waals surface area contributed by atoms with Gasteiger partial charge in [0.2, 0.25) is 5.91 Å². The molecule has 4 nitrogen and oxygen atoms in total. The van der Waals surface area contributed by atoms with Crippen LogP contribution in [0.4, 0.5) is 0 Å². The van der Waals surface area contributed by atoms with Crippen LogP contribution in [0, 0.1) is 5.92 Å². The molecule has 0 spiro atoms. The first-order valence-electron chi connectivity index (χ1n) is 6.33. The highest BCUT2D eigenvalue weighted by Crippen LogP contribution is 2.09. The van der Waals surface area contributed by atoms with E-state index in [9.17, 15) is 4.79 Å². The molecule has 1 fully saturated rings. The van der Waals surface area contributed by atoms with E-state index in [0.717, 1.165) is 32.7 Å². The van der Waals surface area contributed by atoms with E-state index in [0.29, 0.717) is 0 Å². The van der Waals surface area contributed by atoms with E-state index in [4.69, 9.17) is 5.73 Å². The second-order valence-corrected chi connectivity index (χ2v) is 4.81. The summed E-state index contributed by atoms with van der Waals surface area (Å²) in [5, 5.41) is 0. The highest BCUT2D eigenvalue weighted by atomic mass is 16.2. The topological polar surface area (TPSA) is 49.6 Å². The van der Waals surface area contributed by atoms with Crippen LogP contribution < -0.4 is 5.73 Å². The van der Waals surface area contributed by atoms with Crippen LogP contribution in [0.1, 0.15) is 27.2 Å². The van der Waals surface area contributed by atoms with Gasteiger partial charge in [-0.2, -0.15) is 0 Å². The molecule has 16 heavy (non-hydrogen) atoms. The average Bonchev–Trinajstić information content (AvgIpc) is 2.28. The molecular formula is C12H25N3O. The van der Waals surface area contributed by atoms with Gasteiger partial charge in [0.25, 0.3) is 0 Å². The van der Waals surface area contributed by atoms with E-state index in [-0.39, 0.29) is 17.9 Å². The van der Waals surface area contributed by atoms with Crippen molar-refractivity contribution >= 4 is 5.91 Å². The number of nitrogens with zero attached hydrogens (tertiary/aromatic N) is 2. The smallest absolute Gasteiger partial charge is 0.227 e. The zero-order valence-corrected chi connectivity index (χ0v) is 10.8. The minimum Gasteiger partial charge on any atom is -0.340 e. The number of nitrogens with two attached hydrogens (primary N) is 1. The van der Waals surface area contributed by atoms with Gasteiger partial charge in [0, 0.05) is 32.2 Å². The van der Waals surface area contributed by atoms with Crippen molar-refractivity contribution in [2.24, 2.45) is 11.7 Å². The summed E-state index contributed by atoms with van der Waals surface area (Å²) in [4.78, 5) is 16.4. The molecule has 1 saturated heterocycles. The third-order valence-corrected chi connectivity index (χ3v) is 3.40. The Bertz CT molecular complexity index is 222. The van der Waals surface area contributed by atoms with Crippen molar-refractivity contribution in [3.05, 3.63) is 0 Å². The summed E-state index contributed by atoms with van der Waals surface area (Å²) in [6.07, 6.45) is 1.18. The van der Waals surface area contributed by atoms with Crippen LogP contribution in [0.3, 0.4) is 0 Å². The highest BCUT2D eigenvalue weighted by molar-refractivity contribution is 5.79. The van der Waals surface area contributed by atoms with Crippen LogP contribution >= 0.6 is 0 Å². The predicted octanol–water partition coefficient (Wildman–Crippen LogP) is 0.524. The zero-order valence-electron chi connectivity index (χ0n) is 10.8. The van der Waals surface area contributed by atoms with Gasteiger partial charge in [-0.1, -0.05) is 13.8 Å². The monoisotopic (exact) mass is 227 g/mol. The van der Waals surface area contributed by atoms with Crippen molar-refractivity contribution in [2.45, 2.75) is 33.2 Å². The zero-order chi connectivity index (χ0) is 12.1. The van der Waals surface area contributed by atoms with E-state index in [1.165, 1.54) is 6.42 Å². The SMILES string of the molecule is CCCN1CCN(C(=O)C(C)C(C)N)CC1. The van der Waals surface area contributed by atoms with Crippen LogP contribution in [0.2, 0.25) is 0 Å². The van der Waals surface area contributed by atoms with Crippen molar-refractivity contribution in [3.63, 3.8) is 0 Å². The summed E-state index contributed by atoms with van der Waals surface area (Å²) in [5.41, 5.74) is 5.76. The van der Waals surface area contributed by atoms with Crippen molar-refractivity contribution < 1.29 is 4.79 Å². The third kappa shape index (κ3) is 3.46. The van der Waals surface area contributed by atoms with E-state index >= 15 is 0 Å². The fourth-order valence-corrected chi connectivity index (χ4v) is 2.02. The molecule has 1 aliphatic rings. The summed E-state index contributed by atoms with van der Waals surface area (Å²) in [6, 6.07) is -0.0545. The van der Waals surface area contributed by atoms with Gasteiger partial charge in [-0.05, 0) is 19.9 Å². The standard InChI is InChI=1S/C12H25N3O/c1-4-5-14-6-8-15(9-7-14)12(16)10(2)11(3)13/h10-11H,4-9,13H2,1-3H3. The number of carbonyl (C=O) groups excluding carboxylic acids is 1. The first-order valence-corrected chi connectivity index (χ1v) is 6.33. The molecule has 2 N–H and O–H groups in total. The van der Waals surface area contributed by atoms with Gasteiger partial charge >= 0.3 is 0 Å². The van der Waals surface area contributed by atoms with Gasteiger partial charge in [0.15, 0.2) is 0 Å². The molecular weight excluding hydrogens is 202 g/mol. The van der Waals surface area contributed by atoms with Crippen molar-refractivity contribution in [1.29, 1.82) is 0 Å². The summed E-state index contributed by atoms with van der Waals surface area (Å²) in [7, 11) is 0. The first kappa shape index (κ1) is 13.5. The van der Waals surface area contributed by atoms with Gasteiger partial charge in [-0.3, -0.25) is 9.69 Å². The van der Waals surface area contributed by atoms with Gasteiger partial charge in [-0.15, -0.1) is 0 Å². The van der Waals surface area contributed by atoms with Crippen LogP contribution in [0.15, 0.2) is 0 Å². The normalized spacial score (nSPS) is 21.9. The molecule has 1 rings (SSSR count). The van der Waals surface area contributed by atoms with E-state index in [2.05, 4.69) is 11.8 Å². The lowest BCUT2D eigenvalue weighted by atomic mass is 10.0. The Hall–Kier alpha value is -0.610. The van der Waals surface area contributed by atoms with E-state index in [1.54, 1.807) is 0 Å². The van der Waals surface area contributed by atoms with Crippen molar-refractivity contribution in [3.8, 4) is 0 Å². The van der Waals surface area contributed by atoms with Gasteiger partial charge in [0.05, 0.1) is 5.92 Å². The molecule has 0 aliphatic carbocycles. The second kappa shape index (κ2) is 6.21. The molecule has 4 heteroatoms. The molecule has 0 aromatic rings. The molecule has 2 unspecified atom stereocenters. The molecule has 0 radical (unpaired) electrons. The lowest BCUT2D eigenvalue weighted by molar-refractivity contribution is -0.137. The number of hydrogen-bond acceptors (Lipinski definition) is 3. The van der Waals surface area contributed by atoms with Crippen LogP contribution in [0.25, 0.3) is 0 Å².